The number of halogens is 1. The smallest absolute Gasteiger partial charge is 0.225 e. The van der Waals surface area contributed by atoms with Gasteiger partial charge >= 0.3 is 0 Å². The molecule has 2 unspecified atom stereocenters. The Bertz CT molecular complexity index is 408. The summed E-state index contributed by atoms with van der Waals surface area (Å²) in [6, 6.07) is 7.80. The van der Waals surface area contributed by atoms with Crippen LogP contribution in [0.15, 0.2) is 28.7 Å². The summed E-state index contributed by atoms with van der Waals surface area (Å²) < 4.78 is 0.993. The molecule has 1 aliphatic carbocycles. The van der Waals surface area contributed by atoms with Crippen molar-refractivity contribution in [1.82, 2.24) is 5.32 Å². The van der Waals surface area contributed by atoms with Gasteiger partial charge in [-0.15, -0.1) is 0 Å². The van der Waals surface area contributed by atoms with Crippen LogP contribution in [0.5, 0.6) is 0 Å². The minimum atomic E-state index is -0.464. The van der Waals surface area contributed by atoms with E-state index in [0.29, 0.717) is 6.54 Å². The molecular weight excluding hydrogens is 282 g/mol. The van der Waals surface area contributed by atoms with E-state index >= 15 is 0 Å². The van der Waals surface area contributed by atoms with Gasteiger partial charge in [-0.05, 0) is 30.9 Å². The number of rotatable bonds is 3. The third-order valence-corrected chi connectivity index (χ3v) is 4.00. The van der Waals surface area contributed by atoms with Crippen molar-refractivity contribution >= 4 is 21.8 Å². The standard InChI is InChI=1S/C13H16BrNO2/c14-11-6-2-1-4-9(11)8-15-13(17)10-5-3-7-12(10)16/h1-2,4,6,10,12,16H,3,5,7-8H2,(H,15,17). The normalized spacial score (nSPS) is 23.6. The second-order valence-corrected chi connectivity index (χ2v) is 5.27. The molecule has 2 rings (SSSR count). The number of carbonyl (C=O) groups is 1. The van der Waals surface area contributed by atoms with Crippen LogP contribution in [0.2, 0.25) is 0 Å². The summed E-state index contributed by atoms with van der Waals surface area (Å²) in [5.41, 5.74) is 1.05. The molecule has 0 saturated heterocycles. The highest BCUT2D eigenvalue weighted by atomic mass is 79.9. The van der Waals surface area contributed by atoms with E-state index in [1.54, 1.807) is 0 Å². The summed E-state index contributed by atoms with van der Waals surface area (Å²) >= 11 is 3.44. The van der Waals surface area contributed by atoms with Crippen molar-refractivity contribution in [3.63, 3.8) is 0 Å². The lowest BCUT2D eigenvalue weighted by atomic mass is 10.1. The monoisotopic (exact) mass is 297 g/mol. The van der Waals surface area contributed by atoms with Crippen LogP contribution in [0.25, 0.3) is 0 Å². The minimum Gasteiger partial charge on any atom is -0.392 e. The summed E-state index contributed by atoms with van der Waals surface area (Å²) in [4.78, 5) is 11.9. The Kier molecular flexibility index (Phi) is 4.18. The van der Waals surface area contributed by atoms with E-state index in [0.717, 1.165) is 29.3 Å². The van der Waals surface area contributed by atoms with Crippen molar-refractivity contribution in [2.24, 2.45) is 5.92 Å². The fourth-order valence-electron chi connectivity index (χ4n) is 2.20. The van der Waals surface area contributed by atoms with Crippen molar-refractivity contribution in [3.8, 4) is 0 Å². The first-order chi connectivity index (χ1) is 8.18. The number of benzene rings is 1. The molecule has 1 fully saturated rings. The third-order valence-electron chi connectivity index (χ3n) is 3.23. The van der Waals surface area contributed by atoms with Crippen molar-refractivity contribution < 1.29 is 9.90 Å². The van der Waals surface area contributed by atoms with Crippen molar-refractivity contribution in [3.05, 3.63) is 34.3 Å². The lowest BCUT2D eigenvalue weighted by Crippen LogP contribution is -2.34. The maximum absolute atomic E-state index is 11.9. The summed E-state index contributed by atoms with van der Waals surface area (Å²) in [6.45, 7) is 0.503. The van der Waals surface area contributed by atoms with Gasteiger partial charge in [0.05, 0.1) is 12.0 Å². The fraction of sp³-hybridized carbons (Fsp3) is 0.462. The van der Waals surface area contributed by atoms with Crippen LogP contribution >= 0.6 is 15.9 Å². The highest BCUT2D eigenvalue weighted by molar-refractivity contribution is 9.10. The second kappa shape index (κ2) is 5.65. The molecule has 0 spiro atoms. The molecule has 1 aromatic rings. The van der Waals surface area contributed by atoms with Crippen LogP contribution < -0.4 is 5.32 Å². The molecule has 3 nitrogen and oxygen atoms in total. The molecule has 4 heteroatoms. The number of nitrogens with one attached hydrogen (secondary N) is 1. The van der Waals surface area contributed by atoms with E-state index in [1.807, 2.05) is 24.3 Å². The van der Waals surface area contributed by atoms with E-state index < -0.39 is 6.10 Å². The zero-order valence-electron chi connectivity index (χ0n) is 9.53. The molecule has 17 heavy (non-hydrogen) atoms. The zero-order chi connectivity index (χ0) is 12.3. The maximum atomic E-state index is 11.9. The van der Waals surface area contributed by atoms with E-state index in [1.165, 1.54) is 0 Å². The predicted molar refractivity (Wildman–Crippen MR) is 69.3 cm³/mol. The SMILES string of the molecule is O=C(NCc1ccccc1Br)C1CCCC1O. The molecule has 92 valence electrons. The molecule has 1 aliphatic rings. The molecular formula is C13H16BrNO2. The van der Waals surface area contributed by atoms with Gasteiger partial charge in [-0.1, -0.05) is 34.1 Å². The third kappa shape index (κ3) is 3.07. The Morgan fingerprint density at radius 3 is 2.82 bits per heavy atom. The fourth-order valence-corrected chi connectivity index (χ4v) is 2.63. The van der Waals surface area contributed by atoms with Gasteiger partial charge in [0.15, 0.2) is 0 Å². The van der Waals surface area contributed by atoms with Gasteiger partial charge in [0.2, 0.25) is 5.91 Å². The molecule has 2 atom stereocenters. The largest absolute Gasteiger partial charge is 0.392 e. The summed E-state index contributed by atoms with van der Waals surface area (Å²) in [5, 5.41) is 12.5. The van der Waals surface area contributed by atoms with Crippen molar-refractivity contribution in [2.75, 3.05) is 0 Å². The molecule has 0 bridgehead atoms. The molecule has 0 heterocycles. The molecule has 1 aromatic carbocycles. The quantitative estimate of drug-likeness (QED) is 0.899. The summed E-state index contributed by atoms with van der Waals surface area (Å²) in [7, 11) is 0. The first-order valence-electron chi connectivity index (χ1n) is 5.87. The van der Waals surface area contributed by atoms with Gasteiger partial charge < -0.3 is 10.4 Å². The van der Waals surface area contributed by atoms with Gasteiger partial charge in [0, 0.05) is 11.0 Å². The van der Waals surface area contributed by atoms with Crippen LogP contribution in [-0.4, -0.2) is 17.1 Å². The van der Waals surface area contributed by atoms with Crippen LogP contribution in [0.1, 0.15) is 24.8 Å². The molecule has 0 radical (unpaired) electrons. The number of hydrogen-bond donors (Lipinski definition) is 2. The lowest BCUT2D eigenvalue weighted by molar-refractivity contribution is -0.127. The highest BCUT2D eigenvalue weighted by Crippen LogP contribution is 2.25. The summed E-state index contributed by atoms with van der Waals surface area (Å²) in [5.74, 6) is -0.261. The lowest BCUT2D eigenvalue weighted by Gasteiger charge is -2.14. The van der Waals surface area contributed by atoms with Gasteiger partial charge in [0.25, 0.3) is 0 Å². The van der Waals surface area contributed by atoms with Crippen LogP contribution in [-0.2, 0) is 11.3 Å². The van der Waals surface area contributed by atoms with E-state index in [2.05, 4.69) is 21.2 Å². The molecule has 0 aromatic heterocycles. The first-order valence-corrected chi connectivity index (χ1v) is 6.67. The number of carbonyl (C=O) groups excluding carboxylic acids is 1. The average molecular weight is 298 g/mol. The molecule has 1 amide bonds. The minimum absolute atomic E-state index is 0.0363. The first kappa shape index (κ1) is 12.6. The Hall–Kier alpha value is -0.870. The van der Waals surface area contributed by atoms with E-state index in [4.69, 9.17) is 0 Å². The van der Waals surface area contributed by atoms with Crippen LogP contribution in [0.3, 0.4) is 0 Å². The van der Waals surface area contributed by atoms with E-state index in [-0.39, 0.29) is 11.8 Å². The van der Waals surface area contributed by atoms with Gasteiger partial charge in [-0.2, -0.15) is 0 Å². The van der Waals surface area contributed by atoms with E-state index in [9.17, 15) is 9.90 Å². The number of aliphatic hydroxyl groups is 1. The Balaban J connectivity index is 1.90. The van der Waals surface area contributed by atoms with Crippen LogP contribution in [0, 0.1) is 5.92 Å². The molecule has 1 saturated carbocycles. The van der Waals surface area contributed by atoms with Crippen LogP contribution in [0.4, 0.5) is 0 Å². The van der Waals surface area contributed by atoms with Crippen molar-refractivity contribution in [2.45, 2.75) is 31.9 Å². The van der Waals surface area contributed by atoms with Gasteiger partial charge in [-0.25, -0.2) is 0 Å². The highest BCUT2D eigenvalue weighted by Gasteiger charge is 2.31. The number of amides is 1. The molecule has 0 aliphatic heterocycles. The number of aliphatic hydroxyl groups excluding tert-OH is 1. The Labute approximate surface area is 109 Å². The Morgan fingerprint density at radius 2 is 2.18 bits per heavy atom. The number of hydrogen-bond acceptors (Lipinski definition) is 2. The Morgan fingerprint density at radius 1 is 1.41 bits per heavy atom. The average Bonchev–Trinajstić information content (AvgIpc) is 2.74. The predicted octanol–water partition coefficient (Wildman–Crippen LogP) is 2.23. The van der Waals surface area contributed by atoms with Crippen molar-refractivity contribution in [1.29, 1.82) is 0 Å². The summed E-state index contributed by atoms with van der Waals surface area (Å²) in [6.07, 6.45) is 2.01. The van der Waals surface area contributed by atoms with Gasteiger partial charge in [0.1, 0.15) is 0 Å². The second-order valence-electron chi connectivity index (χ2n) is 4.41. The van der Waals surface area contributed by atoms with Gasteiger partial charge in [-0.3, -0.25) is 4.79 Å². The molecule has 2 N–H and O–H groups in total. The zero-order valence-corrected chi connectivity index (χ0v) is 11.1. The maximum Gasteiger partial charge on any atom is 0.225 e. The topological polar surface area (TPSA) is 49.3 Å².